The van der Waals surface area contributed by atoms with Gasteiger partial charge >= 0.3 is 0 Å². The second-order valence-electron chi connectivity index (χ2n) is 5.17. The third-order valence-electron chi connectivity index (χ3n) is 3.21. The molecule has 0 aliphatic rings. The lowest BCUT2D eigenvalue weighted by atomic mass is 10.1. The first kappa shape index (κ1) is 15.9. The molecule has 1 atom stereocenters. The van der Waals surface area contributed by atoms with Crippen LogP contribution >= 0.6 is 22.9 Å². The molecule has 0 fully saturated rings. The van der Waals surface area contributed by atoms with Crippen LogP contribution < -0.4 is 5.32 Å². The van der Waals surface area contributed by atoms with Crippen molar-refractivity contribution in [2.75, 3.05) is 19.4 Å². The first-order chi connectivity index (χ1) is 9.95. The van der Waals surface area contributed by atoms with Crippen LogP contribution in [0.5, 0.6) is 0 Å². The Morgan fingerprint density at radius 1 is 1.24 bits per heavy atom. The molecule has 0 bridgehead atoms. The molecule has 2 aromatic rings. The molecule has 21 heavy (non-hydrogen) atoms. The van der Waals surface area contributed by atoms with Gasteiger partial charge in [0.2, 0.25) is 5.91 Å². The predicted molar refractivity (Wildman–Crippen MR) is 90.2 cm³/mol. The van der Waals surface area contributed by atoms with Crippen molar-refractivity contribution < 1.29 is 4.79 Å². The number of hydrogen-bond donors (Lipinski definition) is 1. The van der Waals surface area contributed by atoms with E-state index in [4.69, 9.17) is 11.6 Å². The highest BCUT2D eigenvalue weighted by molar-refractivity contribution is 7.16. The fraction of sp³-hybridized carbons (Fsp3) is 0.312. The fourth-order valence-electron chi connectivity index (χ4n) is 1.93. The van der Waals surface area contributed by atoms with Gasteiger partial charge in [0.1, 0.15) is 0 Å². The van der Waals surface area contributed by atoms with Crippen molar-refractivity contribution in [2.45, 2.75) is 19.4 Å². The molecular formula is C16H19ClN2OS. The van der Waals surface area contributed by atoms with Crippen LogP contribution in [-0.4, -0.2) is 24.9 Å². The SMILES string of the molecule is CC(Nc1ccc(CC(=O)N(C)C)cc1)c1ccc(Cl)s1. The van der Waals surface area contributed by atoms with Gasteiger partial charge in [-0.15, -0.1) is 11.3 Å². The first-order valence-corrected chi connectivity index (χ1v) is 7.96. The highest BCUT2D eigenvalue weighted by Crippen LogP contribution is 2.29. The molecule has 0 saturated carbocycles. The van der Waals surface area contributed by atoms with Gasteiger partial charge in [0.15, 0.2) is 0 Å². The van der Waals surface area contributed by atoms with Gasteiger partial charge in [0.05, 0.1) is 16.8 Å². The van der Waals surface area contributed by atoms with E-state index in [1.54, 1.807) is 30.3 Å². The van der Waals surface area contributed by atoms with Gasteiger partial charge in [0.25, 0.3) is 0 Å². The monoisotopic (exact) mass is 322 g/mol. The number of anilines is 1. The van der Waals surface area contributed by atoms with Crippen molar-refractivity contribution >= 4 is 34.5 Å². The van der Waals surface area contributed by atoms with E-state index < -0.39 is 0 Å². The Kier molecular flexibility index (Phi) is 5.26. The van der Waals surface area contributed by atoms with Gasteiger partial charge in [-0.3, -0.25) is 4.79 Å². The summed E-state index contributed by atoms with van der Waals surface area (Å²) < 4.78 is 0.802. The molecule has 1 heterocycles. The van der Waals surface area contributed by atoms with Crippen LogP contribution in [-0.2, 0) is 11.2 Å². The number of amides is 1. The lowest BCUT2D eigenvalue weighted by Gasteiger charge is -2.14. The Labute approximate surface area is 134 Å². The summed E-state index contributed by atoms with van der Waals surface area (Å²) in [6.07, 6.45) is 0.434. The van der Waals surface area contributed by atoms with Crippen LogP contribution in [0.3, 0.4) is 0 Å². The van der Waals surface area contributed by atoms with Crippen LogP contribution in [0, 0.1) is 0 Å². The Hall–Kier alpha value is -1.52. The van der Waals surface area contributed by atoms with Crippen LogP contribution in [0.2, 0.25) is 4.34 Å². The third kappa shape index (κ3) is 4.48. The van der Waals surface area contributed by atoms with Gasteiger partial charge in [-0.05, 0) is 36.8 Å². The maximum Gasteiger partial charge on any atom is 0.226 e. The molecule has 0 aliphatic heterocycles. The fourth-order valence-corrected chi connectivity index (χ4v) is 3.00. The quantitative estimate of drug-likeness (QED) is 0.894. The van der Waals surface area contributed by atoms with E-state index in [0.29, 0.717) is 6.42 Å². The zero-order chi connectivity index (χ0) is 15.4. The number of thiophene rings is 1. The molecule has 0 aliphatic carbocycles. The molecule has 3 nitrogen and oxygen atoms in total. The molecule has 112 valence electrons. The average molecular weight is 323 g/mol. The molecule has 1 aromatic heterocycles. The van der Waals surface area contributed by atoms with Crippen molar-refractivity contribution in [3.05, 3.63) is 51.2 Å². The van der Waals surface area contributed by atoms with Crippen LogP contribution in [0.1, 0.15) is 23.4 Å². The molecule has 5 heteroatoms. The Morgan fingerprint density at radius 2 is 1.90 bits per heavy atom. The summed E-state index contributed by atoms with van der Waals surface area (Å²) in [4.78, 5) is 14.5. The number of nitrogens with zero attached hydrogens (tertiary/aromatic N) is 1. The molecule has 0 saturated heterocycles. The van der Waals surface area contributed by atoms with Crippen LogP contribution in [0.4, 0.5) is 5.69 Å². The predicted octanol–water partition coefficient (Wildman–Crippen LogP) is 4.21. The number of benzene rings is 1. The zero-order valence-electron chi connectivity index (χ0n) is 12.4. The number of hydrogen-bond acceptors (Lipinski definition) is 3. The minimum absolute atomic E-state index is 0.109. The van der Waals surface area contributed by atoms with Gasteiger partial charge in [0, 0.05) is 24.7 Å². The van der Waals surface area contributed by atoms with Crippen molar-refractivity contribution in [3.8, 4) is 0 Å². The number of nitrogens with one attached hydrogen (secondary N) is 1. The largest absolute Gasteiger partial charge is 0.378 e. The summed E-state index contributed by atoms with van der Waals surface area (Å²) in [6, 6.07) is 12.1. The van der Waals surface area contributed by atoms with Crippen LogP contribution in [0.15, 0.2) is 36.4 Å². The van der Waals surface area contributed by atoms with Crippen LogP contribution in [0.25, 0.3) is 0 Å². The number of likely N-dealkylation sites (N-methyl/N-ethyl adjacent to an activating group) is 1. The number of halogens is 1. The van der Waals surface area contributed by atoms with Gasteiger partial charge < -0.3 is 10.2 Å². The van der Waals surface area contributed by atoms with Crippen molar-refractivity contribution in [2.24, 2.45) is 0 Å². The lowest BCUT2D eigenvalue weighted by molar-refractivity contribution is -0.127. The second kappa shape index (κ2) is 6.96. The summed E-state index contributed by atoms with van der Waals surface area (Å²) >= 11 is 7.54. The third-order valence-corrected chi connectivity index (χ3v) is 4.63. The number of rotatable bonds is 5. The van der Waals surface area contributed by atoms with E-state index in [1.165, 1.54) is 4.88 Å². The normalized spacial score (nSPS) is 12.0. The Bertz CT molecular complexity index is 607. The summed E-state index contributed by atoms with van der Waals surface area (Å²) in [5.41, 5.74) is 2.05. The second-order valence-corrected chi connectivity index (χ2v) is 6.92. The Balaban J connectivity index is 1.97. The molecule has 0 radical (unpaired) electrons. The molecule has 2 rings (SSSR count). The molecule has 1 amide bonds. The average Bonchev–Trinajstić information content (AvgIpc) is 2.87. The minimum atomic E-state index is 0.109. The number of carbonyl (C=O) groups is 1. The van der Waals surface area contributed by atoms with Crippen molar-refractivity contribution in [3.63, 3.8) is 0 Å². The number of carbonyl (C=O) groups excluding carboxylic acids is 1. The van der Waals surface area contributed by atoms with Crippen molar-refractivity contribution in [1.29, 1.82) is 0 Å². The molecule has 0 spiro atoms. The molecule has 1 aromatic carbocycles. The first-order valence-electron chi connectivity index (χ1n) is 6.76. The highest BCUT2D eigenvalue weighted by atomic mass is 35.5. The molecular weight excluding hydrogens is 304 g/mol. The standard InChI is InChI=1S/C16H19ClN2OS/c1-11(14-8-9-15(17)21-14)18-13-6-4-12(5-7-13)10-16(20)19(2)3/h4-9,11,18H,10H2,1-3H3. The van der Waals surface area contributed by atoms with E-state index in [1.807, 2.05) is 36.4 Å². The maximum atomic E-state index is 11.7. The van der Waals surface area contributed by atoms with Gasteiger partial charge in [-0.2, -0.15) is 0 Å². The highest BCUT2D eigenvalue weighted by Gasteiger charge is 2.09. The molecule has 1 N–H and O–H groups in total. The van der Waals surface area contributed by atoms with E-state index in [9.17, 15) is 4.79 Å². The topological polar surface area (TPSA) is 32.3 Å². The summed E-state index contributed by atoms with van der Waals surface area (Å²) in [5.74, 6) is 0.109. The summed E-state index contributed by atoms with van der Waals surface area (Å²) in [5, 5.41) is 3.43. The summed E-state index contributed by atoms with van der Waals surface area (Å²) in [6.45, 7) is 2.10. The molecule has 1 unspecified atom stereocenters. The van der Waals surface area contributed by atoms with E-state index in [2.05, 4.69) is 12.2 Å². The van der Waals surface area contributed by atoms with Crippen molar-refractivity contribution in [1.82, 2.24) is 4.90 Å². The maximum absolute atomic E-state index is 11.7. The minimum Gasteiger partial charge on any atom is -0.378 e. The summed E-state index contributed by atoms with van der Waals surface area (Å²) in [7, 11) is 3.54. The van der Waals surface area contributed by atoms with E-state index in [-0.39, 0.29) is 11.9 Å². The lowest BCUT2D eigenvalue weighted by Crippen LogP contribution is -2.23. The Morgan fingerprint density at radius 3 is 2.43 bits per heavy atom. The smallest absolute Gasteiger partial charge is 0.226 e. The van der Waals surface area contributed by atoms with E-state index in [0.717, 1.165) is 15.6 Å². The van der Waals surface area contributed by atoms with Gasteiger partial charge in [-0.25, -0.2) is 0 Å². The van der Waals surface area contributed by atoms with E-state index >= 15 is 0 Å². The van der Waals surface area contributed by atoms with Gasteiger partial charge in [-0.1, -0.05) is 23.7 Å². The zero-order valence-corrected chi connectivity index (χ0v) is 14.0.